The Morgan fingerprint density at radius 1 is 1.14 bits per heavy atom. The lowest BCUT2D eigenvalue weighted by Gasteiger charge is -2.21. The molecule has 0 fully saturated rings. The zero-order valence-electron chi connectivity index (χ0n) is 12.7. The molecule has 0 saturated heterocycles. The Bertz CT molecular complexity index is 605. The first-order valence-corrected chi connectivity index (χ1v) is 7.31. The molecule has 0 unspecified atom stereocenters. The van der Waals surface area contributed by atoms with E-state index in [4.69, 9.17) is 5.73 Å². The van der Waals surface area contributed by atoms with Gasteiger partial charge >= 0.3 is 0 Å². The molecule has 2 rings (SSSR count). The van der Waals surface area contributed by atoms with Crippen molar-refractivity contribution in [1.82, 2.24) is 0 Å². The zero-order chi connectivity index (χ0) is 15.2. The number of benzene rings is 2. The number of hydrogen-bond acceptors (Lipinski definition) is 2. The minimum Gasteiger partial charge on any atom is -0.399 e. The molecular formula is C18H22N2O. The van der Waals surface area contributed by atoms with Crippen molar-refractivity contribution in [2.24, 2.45) is 0 Å². The van der Waals surface area contributed by atoms with Gasteiger partial charge in [-0.1, -0.05) is 29.8 Å². The minimum absolute atomic E-state index is 0.142. The van der Waals surface area contributed by atoms with Gasteiger partial charge in [0.05, 0.1) is 0 Å². The molecule has 0 saturated carbocycles. The van der Waals surface area contributed by atoms with Gasteiger partial charge in [0.25, 0.3) is 0 Å². The maximum Gasteiger partial charge on any atom is 0.227 e. The highest BCUT2D eigenvalue weighted by atomic mass is 16.2. The van der Waals surface area contributed by atoms with Crippen LogP contribution in [0.5, 0.6) is 0 Å². The molecule has 3 heteroatoms. The summed E-state index contributed by atoms with van der Waals surface area (Å²) < 4.78 is 0. The van der Waals surface area contributed by atoms with Crippen LogP contribution in [0.3, 0.4) is 0 Å². The molecule has 0 radical (unpaired) electrons. The Morgan fingerprint density at radius 2 is 1.86 bits per heavy atom. The highest BCUT2D eigenvalue weighted by Gasteiger charge is 2.13. The predicted molar refractivity (Wildman–Crippen MR) is 88.4 cm³/mol. The molecule has 0 spiro atoms. The lowest BCUT2D eigenvalue weighted by atomic mass is 10.1. The summed E-state index contributed by atoms with van der Waals surface area (Å²) in [5.41, 5.74) is 9.74. The second-order valence-corrected chi connectivity index (χ2v) is 5.22. The van der Waals surface area contributed by atoms with Crippen LogP contribution < -0.4 is 10.6 Å². The van der Waals surface area contributed by atoms with Crippen molar-refractivity contribution in [3.05, 3.63) is 59.7 Å². The molecule has 2 aromatic rings. The van der Waals surface area contributed by atoms with Crippen molar-refractivity contribution < 1.29 is 4.79 Å². The van der Waals surface area contributed by atoms with E-state index in [1.165, 1.54) is 11.1 Å². The van der Waals surface area contributed by atoms with E-state index >= 15 is 0 Å². The van der Waals surface area contributed by atoms with Gasteiger partial charge in [-0.25, -0.2) is 0 Å². The highest BCUT2D eigenvalue weighted by molar-refractivity contribution is 5.93. The van der Waals surface area contributed by atoms with Gasteiger partial charge in [0, 0.05) is 24.3 Å². The van der Waals surface area contributed by atoms with Crippen molar-refractivity contribution in [1.29, 1.82) is 0 Å². The highest BCUT2D eigenvalue weighted by Crippen LogP contribution is 2.18. The second-order valence-electron chi connectivity index (χ2n) is 5.22. The maximum absolute atomic E-state index is 12.4. The maximum atomic E-state index is 12.4. The van der Waals surface area contributed by atoms with Gasteiger partial charge in [0.2, 0.25) is 5.91 Å². The molecule has 2 aromatic carbocycles. The van der Waals surface area contributed by atoms with Gasteiger partial charge < -0.3 is 10.6 Å². The van der Waals surface area contributed by atoms with Crippen LogP contribution in [0, 0.1) is 6.92 Å². The first-order valence-electron chi connectivity index (χ1n) is 7.31. The average molecular weight is 282 g/mol. The molecule has 0 aromatic heterocycles. The first-order chi connectivity index (χ1) is 10.1. The molecule has 0 bridgehead atoms. The Hall–Kier alpha value is -2.29. The van der Waals surface area contributed by atoms with E-state index in [0.29, 0.717) is 18.7 Å². The third-order valence-corrected chi connectivity index (χ3v) is 3.53. The molecular weight excluding hydrogens is 260 g/mol. The molecule has 0 atom stereocenters. The smallest absolute Gasteiger partial charge is 0.227 e. The van der Waals surface area contributed by atoms with Gasteiger partial charge in [0.15, 0.2) is 0 Å². The fraction of sp³-hybridized carbons (Fsp3) is 0.278. The quantitative estimate of drug-likeness (QED) is 0.852. The Labute approximate surface area is 126 Å². The lowest BCUT2D eigenvalue weighted by Crippen LogP contribution is -2.30. The fourth-order valence-corrected chi connectivity index (χ4v) is 2.41. The molecule has 0 aliphatic heterocycles. The molecule has 1 amide bonds. The number of carbonyl (C=O) groups is 1. The van der Waals surface area contributed by atoms with Gasteiger partial charge in [-0.05, 0) is 50.1 Å². The third kappa shape index (κ3) is 4.09. The first kappa shape index (κ1) is 15.1. The minimum atomic E-state index is 0.142. The zero-order valence-corrected chi connectivity index (χ0v) is 12.7. The molecule has 0 heterocycles. The van der Waals surface area contributed by atoms with Crippen molar-refractivity contribution in [3.63, 3.8) is 0 Å². The summed E-state index contributed by atoms with van der Waals surface area (Å²) in [6.07, 6.45) is 1.29. The molecule has 2 N–H and O–H groups in total. The van der Waals surface area contributed by atoms with Crippen molar-refractivity contribution in [3.8, 4) is 0 Å². The number of anilines is 2. The Kier molecular flexibility index (Phi) is 4.99. The number of rotatable bonds is 5. The summed E-state index contributed by atoms with van der Waals surface area (Å²) in [6, 6.07) is 15.7. The van der Waals surface area contributed by atoms with E-state index in [1.807, 2.05) is 37.3 Å². The summed E-state index contributed by atoms with van der Waals surface area (Å²) in [6.45, 7) is 4.72. The fourth-order valence-electron chi connectivity index (χ4n) is 2.41. The number of nitrogen functional groups attached to an aromatic ring is 1. The number of nitrogens with zero attached hydrogens (tertiary/aromatic N) is 1. The van der Waals surface area contributed by atoms with E-state index in [1.54, 1.807) is 4.90 Å². The largest absolute Gasteiger partial charge is 0.399 e. The van der Waals surface area contributed by atoms with Crippen LogP contribution in [0.1, 0.15) is 24.5 Å². The molecule has 3 nitrogen and oxygen atoms in total. The van der Waals surface area contributed by atoms with E-state index in [9.17, 15) is 4.79 Å². The monoisotopic (exact) mass is 282 g/mol. The predicted octanol–water partition coefficient (Wildman–Crippen LogP) is 3.56. The molecule has 0 aliphatic rings. The Balaban J connectivity index is 2.02. The molecule has 0 aliphatic carbocycles. The van der Waals surface area contributed by atoms with E-state index in [0.717, 1.165) is 12.1 Å². The van der Waals surface area contributed by atoms with Crippen molar-refractivity contribution >= 4 is 17.3 Å². The number of hydrogen-bond donors (Lipinski definition) is 1. The van der Waals surface area contributed by atoms with Crippen LogP contribution in [-0.4, -0.2) is 12.5 Å². The molecule has 110 valence electrons. The third-order valence-electron chi connectivity index (χ3n) is 3.53. The second kappa shape index (κ2) is 6.93. The van der Waals surface area contributed by atoms with E-state index in [2.05, 4.69) is 25.1 Å². The number of carbonyl (C=O) groups excluding carboxylic acids is 1. The summed E-state index contributed by atoms with van der Waals surface area (Å²) in [5.74, 6) is 0.142. The Morgan fingerprint density at radius 3 is 2.48 bits per heavy atom. The average Bonchev–Trinajstić information content (AvgIpc) is 2.48. The summed E-state index contributed by atoms with van der Waals surface area (Å²) in [4.78, 5) is 14.2. The SMILES string of the molecule is CCN(C(=O)CCc1cccc(C)c1)c1ccc(N)cc1. The van der Waals surface area contributed by atoms with E-state index in [-0.39, 0.29) is 5.91 Å². The van der Waals surface area contributed by atoms with Gasteiger partial charge in [-0.15, -0.1) is 0 Å². The lowest BCUT2D eigenvalue weighted by molar-refractivity contribution is -0.118. The van der Waals surface area contributed by atoms with Crippen LogP contribution in [0.25, 0.3) is 0 Å². The van der Waals surface area contributed by atoms with E-state index < -0.39 is 0 Å². The van der Waals surface area contributed by atoms with Gasteiger partial charge in [-0.2, -0.15) is 0 Å². The normalized spacial score (nSPS) is 10.4. The summed E-state index contributed by atoms with van der Waals surface area (Å²) in [5, 5.41) is 0. The van der Waals surface area contributed by atoms with Crippen LogP contribution >= 0.6 is 0 Å². The van der Waals surface area contributed by atoms with Crippen LogP contribution in [-0.2, 0) is 11.2 Å². The number of aryl methyl sites for hydroxylation is 2. The van der Waals surface area contributed by atoms with Crippen molar-refractivity contribution in [2.75, 3.05) is 17.2 Å². The van der Waals surface area contributed by atoms with Crippen LogP contribution in [0.15, 0.2) is 48.5 Å². The van der Waals surface area contributed by atoms with Gasteiger partial charge in [-0.3, -0.25) is 4.79 Å². The summed E-state index contributed by atoms with van der Waals surface area (Å²) >= 11 is 0. The van der Waals surface area contributed by atoms with Crippen molar-refractivity contribution in [2.45, 2.75) is 26.7 Å². The topological polar surface area (TPSA) is 46.3 Å². The van der Waals surface area contributed by atoms with Gasteiger partial charge in [0.1, 0.15) is 0 Å². The van der Waals surface area contributed by atoms with Crippen LogP contribution in [0.2, 0.25) is 0 Å². The molecule has 21 heavy (non-hydrogen) atoms. The number of amides is 1. The standard InChI is InChI=1S/C18H22N2O/c1-3-20(17-10-8-16(19)9-11-17)18(21)12-7-15-6-4-5-14(2)13-15/h4-6,8-11,13H,3,7,12,19H2,1-2H3. The summed E-state index contributed by atoms with van der Waals surface area (Å²) in [7, 11) is 0. The van der Waals surface area contributed by atoms with Crippen LogP contribution in [0.4, 0.5) is 11.4 Å². The number of nitrogens with two attached hydrogens (primary N) is 1.